The van der Waals surface area contributed by atoms with Gasteiger partial charge < -0.3 is 5.32 Å². The lowest BCUT2D eigenvalue weighted by atomic mass is 9.75. The maximum Gasteiger partial charge on any atom is 0.0256 e. The van der Waals surface area contributed by atoms with Crippen molar-refractivity contribution in [2.24, 2.45) is 5.41 Å². The van der Waals surface area contributed by atoms with E-state index in [1.807, 2.05) is 0 Å². The molecule has 0 heterocycles. The van der Waals surface area contributed by atoms with E-state index in [1.165, 1.54) is 18.4 Å². The van der Waals surface area contributed by atoms with Crippen LogP contribution in [0, 0.1) is 5.41 Å². The molecule has 1 unspecified atom stereocenters. The second kappa shape index (κ2) is 5.55. The predicted molar refractivity (Wildman–Crippen MR) is 65.6 cm³/mol. The molecule has 0 aliphatic rings. The molecular formula is C13H27N. The SMILES string of the molecule is C=C(C(C)NC(C)C)C(C)(CC)CC. The maximum absolute atomic E-state index is 4.26. The van der Waals surface area contributed by atoms with Gasteiger partial charge in [-0.2, -0.15) is 0 Å². The minimum Gasteiger partial charge on any atom is -0.308 e. The molecule has 1 atom stereocenters. The third kappa shape index (κ3) is 3.45. The Morgan fingerprint density at radius 2 is 1.64 bits per heavy atom. The van der Waals surface area contributed by atoms with Crippen LogP contribution in [0.25, 0.3) is 0 Å². The minimum atomic E-state index is 0.293. The van der Waals surface area contributed by atoms with Crippen molar-refractivity contribution in [1.29, 1.82) is 0 Å². The first-order valence-electron chi connectivity index (χ1n) is 5.82. The van der Waals surface area contributed by atoms with Crippen molar-refractivity contribution in [3.8, 4) is 0 Å². The summed E-state index contributed by atoms with van der Waals surface area (Å²) in [6.07, 6.45) is 2.35. The van der Waals surface area contributed by atoms with E-state index in [2.05, 4.69) is 53.4 Å². The van der Waals surface area contributed by atoms with E-state index >= 15 is 0 Å². The fourth-order valence-electron chi connectivity index (χ4n) is 1.83. The largest absolute Gasteiger partial charge is 0.308 e. The first-order chi connectivity index (χ1) is 6.37. The van der Waals surface area contributed by atoms with Crippen LogP contribution in [0.15, 0.2) is 12.2 Å². The van der Waals surface area contributed by atoms with Crippen molar-refractivity contribution in [1.82, 2.24) is 5.32 Å². The second-order valence-electron chi connectivity index (χ2n) is 4.84. The van der Waals surface area contributed by atoms with Gasteiger partial charge in [0.25, 0.3) is 0 Å². The number of hydrogen-bond donors (Lipinski definition) is 1. The molecule has 0 rings (SSSR count). The summed E-state index contributed by atoms with van der Waals surface area (Å²) in [4.78, 5) is 0. The fraction of sp³-hybridized carbons (Fsp3) is 0.846. The van der Waals surface area contributed by atoms with Crippen molar-refractivity contribution in [3.05, 3.63) is 12.2 Å². The highest BCUT2D eigenvalue weighted by molar-refractivity contribution is 5.14. The molecular weight excluding hydrogens is 170 g/mol. The van der Waals surface area contributed by atoms with Crippen LogP contribution >= 0.6 is 0 Å². The van der Waals surface area contributed by atoms with E-state index < -0.39 is 0 Å². The fourth-order valence-corrected chi connectivity index (χ4v) is 1.83. The highest BCUT2D eigenvalue weighted by Gasteiger charge is 2.26. The van der Waals surface area contributed by atoms with E-state index in [1.54, 1.807) is 0 Å². The molecule has 0 aromatic heterocycles. The van der Waals surface area contributed by atoms with Crippen LogP contribution < -0.4 is 5.32 Å². The molecule has 0 aromatic carbocycles. The monoisotopic (exact) mass is 197 g/mol. The molecule has 84 valence electrons. The average Bonchev–Trinajstić information content (AvgIpc) is 2.14. The standard InChI is InChI=1S/C13H27N/c1-8-13(7,9-2)11(5)12(6)14-10(3)4/h10,12,14H,5,8-9H2,1-4,6-7H3. The van der Waals surface area contributed by atoms with Crippen LogP contribution in [0.4, 0.5) is 0 Å². The molecule has 0 spiro atoms. The van der Waals surface area contributed by atoms with Gasteiger partial charge in [0, 0.05) is 12.1 Å². The Morgan fingerprint density at radius 1 is 1.21 bits per heavy atom. The summed E-state index contributed by atoms with van der Waals surface area (Å²) in [7, 11) is 0. The summed E-state index contributed by atoms with van der Waals surface area (Å²) < 4.78 is 0. The summed E-state index contributed by atoms with van der Waals surface area (Å²) >= 11 is 0. The molecule has 14 heavy (non-hydrogen) atoms. The zero-order chi connectivity index (χ0) is 11.4. The molecule has 1 heteroatoms. The third-order valence-electron chi connectivity index (χ3n) is 3.44. The van der Waals surface area contributed by atoms with Crippen LogP contribution in [0.2, 0.25) is 0 Å². The van der Waals surface area contributed by atoms with Crippen LogP contribution in [-0.4, -0.2) is 12.1 Å². The van der Waals surface area contributed by atoms with E-state index in [9.17, 15) is 0 Å². The molecule has 1 nitrogen and oxygen atoms in total. The Labute approximate surface area is 90.0 Å². The predicted octanol–water partition coefficient (Wildman–Crippen LogP) is 3.76. The lowest BCUT2D eigenvalue weighted by molar-refractivity contribution is 0.331. The molecule has 0 saturated heterocycles. The Kier molecular flexibility index (Phi) is 5.43. The Hall–Kier alpha value is -0.300. The van der Waals surface area contributed by atoms with Gasteiger partial charge in [0.1, 0.15) is 0 Å². The smallest absolute Gasteiger partial charge is 0.0256 e. The molecule has 0 amide bonds. The number of nitrogens with one attached hydrogen (secondary N) is 1. The molecule has 0 aromatic rings. The van der Waals surface area contributed by atoms with E-state index in [0.717, 1.165) is 0 Å². The number of rotatable bonds is 6. The van der Waals surface area contributed by atoms with Gasteiger partial charge in [-0.05, 0) is 25.2 Å². The van der Waals surface area contributed by atoms with Crippen LogP contribution in [0.5, 0.6) is 0 Å². The van der Waals surface area contributed by atoms with Gasteiger partial charge in [-0.25, -0.2) is 0 Å². The summed E-state index contributed by atoms with van der Waals surface area (Å²) in [5, 5.41) is 3.52. The lowest BCUT2D eigenvalue weighted by Crippen LogP contribution is -2.38. The lowest BCUT2D eigenvalue weighted by Gasteiger charge is -2.34. The first kappa shape index (κ1) is 13.7. The summed E-state index contributed by atoms with van der Waals surface area (Å²) in [5.74, 6) is 0. The summed E-state index contributed by atoms with van der Waals surface area (Å²) in [5.41, 5.74) is 1.64. The summed E-state index contributed by atoms with van der Waals surface area (Å²) in [6.45, 7) is 17.6. The average molecular weight is 197 g/mol. The van der Waals surface area contributed by atoms with Gasteiger partial charge in [0.15, 0.2) is 0 Å². The highest BCUT2D eigenvalue weighted by atomic mass is 14.9. The Morgan fingerprint density at radius 3 is 1.93 bits per heavy atom. The van der Waals surface area contributed by atoms with Gasteiger partial charge >= 0.3 is 0 Å². The van der Waals surface area contributed by atoms with Crippen LogP contribution in [0.3, 0.4) is 0 Å². The molecule has 0 aliphatic carbocycles. The van der Waals surface area contributed by atoms with Crippen LogP contribution in [0.1, 0.15) is 54.4 Å². The van der Waals surface area contributed by atoms with Crippen molar-refractivity contribution in [2.45, 2.75) is 66.5 Å². The van der Waals surface area contributed by atoms with E-state index in [-0.39, 0.29) is 0 Å². The van der Waals surface area contributed by atoms with Gasteiger partial charge in [0.2, 0.25) is 0 Å². The van der Waals surface area contributed by atoms with Gasteiger partial charge in [-0.15, -0.1) is 0 Å². The van der Waals surface area contributed by atoms with Crippen molar-refractivity contribution in [3.63, 3.8) is 0 Å². The van der Waals surface area contributed by atoms with Crippen LogP contribution in [-0.2, 0) is 0 Å². The zero-order valence-electron chi connectivity index (χ0n) is 10.8. The summed E-state index contributed by atoms with van der Waals surface area (Å²) in [6, 6.07) is 0.944. The maximum atomic E-state index is 4.26. The van der Waals surface area contributed by atoms with Gasteiger partial charge in [-0.3, -0.25) is 0 Å². The quantitative estimate of drug-likeness (QED) is 0.639. The first-order valence-corrected chi connectivity index (χ1v) is 5.82. The molecule has 0 aliphatic heterocycles. The third-order valence-corrected chi connectivity index (χ3v) is 3.44. The minimum absolute atomic E-state index is 0.293. The molecule has 0 radical (unpaired) electrons. The van der Waals surface area contributed by atoms with Crippen molar-refractivity contribution < 1.29 is 0 Å². The highest BCUT2D eigenvalue weighted by Crippen LogP contribution is 2.35. The van der Waals surface area contributed by atoms with E-state index in [4.69, 9.17) is 0 Å². The Bertz CT molecular complexity index is 178. The van der Waals surface area contributed by atoms with Gasteiger partial charge in [0.05, 0.1) is 0 Å². The molecule has 0 fully saturated rings. The zero-order valence-corrected chi connectivity index (χ0v) is 10.8. The number of hydrogen-bond acceptors (Lipinski definition) is 1. The van der Waals surface area contributed by atoms with Gasteiger partial charge in [-0.1, -0.05) is 46.8 Å². The molecule has 0 saturated carbocycles. The molecule has 1 N–H and O–H groups in total. The molecule has 0 bridgehead atoms. The Balaban J connectivity index is 4.43. The second-order valence-corrected chi connectivity index (χ2v) is 4.84. The van der Waals surface area contributed by atoms with Crippen molar-refractivity contribution in [2.75, 3.05) is 0 Å². The normalized spacial score (nSPS) is 14.5. The topological polar surface area (TPSA) is 12.0 Å². The van der Waals surface area contributed by atoms with E-state index in [0.29, 0.717) is 17.5 Å². The van der Waals surface area contributed by atoms with Crippen molar-refractivity contribution >= 4 is 0 Å².